The maximum absolute atomic E-state index is 11.8. The minimum absolute atomic E-state index is 0.0967. The van der Waals surface area contributed by atoms with E-state index in [-0.39, 0.29) is 12.5 Å². The highest BCUT2D eigenvalue weighted by atomic mass is 35.5. The summed E-state index contributed by atoms with van der Waals surface area (Å²) in [6, 6.07) is 3.97. The third-order valence-corrected chi connectivity index (χ3v) is 3.22. The van der Waals surface area contributed by atoms with Gasteiger partial charge in [-0.05, 0) is 24.1 Å². The van der Waals surface area contributed by atoms with Crippen molar-refractivity contribution in [1.82, 2.24) is 5.32 Å². The Morgan fingerprint density at radius 3 is 2.48 bits per heavy atom. The summed E-state index contributed by atoms with van der Waals surface area (Å²) in [6.07, 6.45) is 0. The maximum Gasteiger partial charge on any atom is 0.328 e. The summed E-state index contributed by atoms with van der Waals surface area (Å²) in [5.41, 5.74) is 0. The molecule has 0 aliphatic carbocycles. The molecule has 0 aliphatic heterocycles. The molecule has 0 bridgehead atoms. The fourth-order valence-corrected chi connectivity index (χ4v) is 2.04. The number of hydrogen-bond donors (Lipinski definition) is 1. The van der Waals surface area contributed by atoms with Gasteiger partial charge in [-0.2, -0.15) is 0 Å². The highest BCUT2D eigenvalue weighted by Crippen LogP contribution is 2.27. The number of rotatable bonds is 6. The van der Waals surface area contributed by atoms with Gasteiger partial charge in [0.15, 0.2) is 6.61 Å². The number of nitrogens with one attached hydrogen (secondary N) is 1. The van der Waals surface area contributed by atoms with Crippen LogP contribution in [0.5, 0.6) is 5.75 Å². The normalized spacial score (nSPS) is 11.9. The van der Waals surface area contributed by atoms with Gasteiger partial charge >= 0.3 is 5.97 Å². The molecule has 21 heavy (non-hydrogen) atoms. The second-order valence-electron chi connectivity index (χ2n) is 4.68. The van der Waals surface area contributed by atoms with Crippen LogP contribution in [0.15, 0.2) is 18.2 Å². The Morgan fingerprint density at radius 2 is 1.95 bits per heavy atom. The van der Waals surface area contributed by atoms with Gasteiger partial charge in [-0.25, -0.2) is 4.79 Å². The predicted octanol–water partition coefficient (Wildman–Crippen LogP) is 2.69. The zero-order valence-electron chi connectivity index (χ0n) is 12.0. The maximum atomic E-state index is 11.8. The van der Waals surface area contributed by atoms with E-state index in [1.165, 1.54) is 13.2 Å². The number of carbonyl (C=O) groups is 2. The van der Waals surface area contributed by atoms with Crippen molar-refractivity contribution in [2.24, 2.45) is 5.92 Å². The van der Waals surface area contributed by atoms with Crippen LogP contribution in [0, 0.1) is 5.92 Å². The van der Waals surface area contributed by atoms with Crippen molar-refractivity contribution in [3.63, 3.8) is 0 Å². The van der Waals surface area contributed by atoms with Gasteiger partial charge in [-0.1, -0.05) is 37.0 Å². The Labute approximate surface area is 133 Å². The summed E-state index contributed by atoms with van der Waals surface area (Å²) in [4.78, 5) is 23.4. The first kappa shape index (κ1) is 17.6. The van der Waals surface area contributed by atoms with Crippen molar-refractivity contribution < 1.29 is 19.1 Å². The van der Waals surface area contributed by atoms with E-state index in [2.05, 4.69) is 10.1 Å². The van der Waals surface area contributed by atoms with Crippen LogP contribution in [-0.2, 0) is 14.3 Å². The highest BCUT2D eigenvalue weighted by molar-refractivity contribution is 6.35. The molecule has 7 heteroatoms. The van der Waals surface area contributed by atoms with Crippen LogP contribution >= 0.6 is 23.2 Å². The van der Waals surface area contributed by atoms with Crippen molar-refractivity contribution in [3.05, 3.63) is 28.2 Å². The molecule has 0 saturated heterocycles. The Morgan fingerprint density at radius 1 is 1.29 bits per heavy atom. The molecule has 0 fully saturated rings. The molecule has 1 rings (SSSR count). The summed E-state index contributed by atoms with van der Waals surface area (Å²) in [5.74, 6) is -0.691. The second-order valence-corrected chi connectivity index (χ2v) is 5.52. The molecule has 0 heterocycles. The molecule has 1 aromatic rings. The van der Waals surface area contributed by atoms with Crippen LogP contribution < -0.4 is 10.1 Å². The quantitative estimate of drug-likeness (QED) is 0.813. The molecule has 1 aromatic carbocycles. The summed E-state index contributed by atoms with van der Waals surface area (Å²) in [6.45, 7) is 3.35. The number of amides is 1. The summed E-state index contributed by atoms with van der Waals surface area (Å²) >= 11 is 11.7. The monoisotopic (exact) mass is 333 g/mol. The third kappa shape index (κ3) is 5.44. The van der Waals surface area contributed by atoms with E-state index in [1.807, 2.05) is 0 Å². The lowest BCUT2D eigenvalue weighted by Crippen LogP contribution is -2.46. The van der Waals surface area contributed by atoms with E-state index >= 15 is 0 Å². The van der Waals surface area contributed by atoms with Gasteiger partial charge < -0.3 is 14.8 Å². The van der Waals surface area contributed by atoms with Crippen molar-refractivity contribution >= 4 is 35.1 Å². The largest absolute Gasteiger partial charge is 0.482 e. The summed E-state index contributed by atoms with van der Waals surface area (Å²) < 4.78 is 9.93. The van der Waals surface area contributed by atoms with Crippen LogP contribution in [0.4, 0.5) is 0 Å². The van der Waals surface area contributed by atoms with Crippen molar-refractivity contribution in [3.8, 4) is 5.75 Å². The average Bonchev–Trinajstić information content (AvgIpc) is 2.42. The van der Waals surface area contributed by atoms with E-state index < -0.39 is 17.9 Å². The number of ether oxygens (including phenoxy) is 2. The van der Waals surface area contributed by atoms with E-state index in [9.17, 15) is 9.59 Å². The van der Waals surface area contributed by atoms with Gasteiger partial charge in [0.25, 0.3) is 5.91 Å². The smallest absolute Gasteiger partial charge is 0.328 e. The Balaban J connectivity index is 2.58. The van der Waals surface area contributed by atoms with Crippen LogP contribution in [0.1, 0.15) is 13.8 Å². The standard InChI is InChI=1S/C14H17Cl2NO4/c1-8(2)13(14(19)20-3)17-12(18)7-21-11-5-4-9(15)6-10(11)16/h4-6,8,13H,7H2,1-3H3,(H,17,18). The topological polar surface area (TPSA) is 64.6 Å². The molecule has 5 nitrogen and oxygen atoms in total. The zero-order valence-corrected chi connectivity index (χ0v) is 13.5. The van der Waals surface area contributed by atoms with E-state index in [4.69, 9.17) is 27.9 Å². The van der Waals surface area contributed by atoms with Crippen molar-refractivity contribution in [1.29, 1.82) is 0 Å². The molecule has 1 amide bonds. The number of benzene rings is 1. The first-order valence-corrected chi connectivity index (χ1v) is 7.05. The minimum Gasteiger partial charge on any atom is -0.482 e. The lowest BCUT2D eigenvalue weighted by Gasteiger charge is -2.19. The average molecular weight is 334 g/mol. The van der Waals surface area contributed by atoms with Crippen LogP contribution in [0.25, 0.3) is 0 Å². The fourth-order valence-electron chi connectivity index (χ4n) is 1.58. The van der Waals surface area contributed by atoms with Gasteiger partial charge in [0.2, 0.25) is 0 Å². The Bertz CT molecular complexity index is 520. The SMILES string of the molecule is COC(=O)C(NC(=O)COc1ccc(Cl)cc1Cl)C(C)C. The van der Waals surface area contributed by atoms with Gasteiger partial charge in [0.1, 0.15) is 11.8 Å². The summed E-state index contributed by atoms with van der Waals surface area (Å²) in [7, 11) is 1.27. The number of esters is 1. The molecule has 0 radical (unpaired) electrons. The van der Waals surface area contributed by atoms with E-state index in [1.54, 1.807) is 26.0 Å². The lowest BCUT2D eigenvalue weighted by atomic mass is 10.0. The molecule has 0 aliphatic rings. The van der Waals surface area contributed by atoms with Gasteiger partial charge in [0.05, 0.1) is 12.1 Å². The fraction of sp³-hybridized carbons (Fsp3) is 0.429. The highest BCUT2D eigenvalue weighted by Gasteiger charge is 2.25. The lowest BCUT2D eigenvalue weighted by molar-refractivity contribution is -0.146. The molecule has 1 unspecified atom stereocenters. The minimum atomic E-state index is -0.716. The molecule has 116 valence electrons. The Kier molecular flexibility index (Phi) is 6.78. The number of carbonyl (C=O) groups excluding carboxylic acids is 2. The first-order valence-electron chi connectivity index (χ1n) is 6.30. The Hall–Kier alpha value is -1.46. The number of hydrogen-bond acceptors (Lipinski definition) is 4. The van der Waals surface area contributed by atoms with Gasteiger partial charge in [0, 0.05) is 5.02 Å². The summed E-state index contributed by atoms with van der Waals surface area (Å²) in [5, 5.41) is 3.34. The van der Waals surface area contributed by atoms with Crippen LogP contribution in [-0.4, -0.2) is 31.6 Å². The number of halogens is 2. The molecule has 1 N–H and O–H groups in total. The molecule has 0 saturated carbocycles. The third-order valence-electron chi connectivity index (χ3n) is 2.69. The van der Waals surface area contributed by atoms with Crippen molar-refractivity contribution in [2.45, 2.75) is 19.9 Å². The molecular formula is C14H17Cl2NO4. The van der Waals surface area contributed by atoms with Crippen LogP contribution in [0.2, 0.25) is 10.0 Å². The molecule has 0 spiro atoms. The van der Waals surface area contributed by atoms with Gasteiger partial charge in [-0.15, -0.1) is 0 Å². The van der Waals surface area contributed by atoms with Crippen LogP contribution in [0.3, 0.4) is 0 Å². The first-order chi connectivity index (χ1) is 9.85. The molecule has 0 aromatic heterocycles. The zero-order chi connectivity index (χ0) is 16.0. The second kappa shape index (κ2) is 8.10. The van der Waals surface area contributed by atoms with E-state index in [0.29, 0.717) is 15.8 Å². The van der Waals surface area contributed by atoms with Crippen molar-refractivity contribution in [2.75, 3.05) is 13.7 Å². The van der Waals surface area contributed by atoms with Gasteiger partial charge in [-0.3, -0.25) is 4.79 Å². The van der Waals surface area contributed by atoms with E-state index in [0.717, 1.165) is 0 Å². The molecule has 1 atom stereocenters. The predicted molar refractivity (Wildman–Crippen MR) is 80.7 cm³/mol. The number of methoxy groups -OCH3 is 1. The molecular weight excluding hydrogens is 317 g/mol.